The molecule has 0 bridgehead atoms. The molecule has 0 amide bonds. The molecular weight excluding hydrogens is 330 g/mol. The lowest BCUT2D eigenvalue weighted by Crippen LogP contribution is -2.10. The Hall–Kier alpha value is -3.94. The molecule has 0 aliphatic rings. The zero-order valence-electron chi connectivity index (χ0n) is 13.4. The highest BCUT2D eigenvalue weighted by Gasteiger charge is 2.15. The maximum absolute atomic E-state index is 11.6. The number of rotatable bonds is 2. The lowest BCUT2D eigenvalue weighted by atomic mass is 10.1. The predicted octanol–water partition coefficient (Wildman–Crippen LogP) is 2.11. The third-order valence-electron chi connectivity index (χ3n) is 4.02. The van der Waals surface area contributed by atoms with Gasteiger partial charge in [0.1, 0.15) is 11.2 Å². The maximum Gasteiger partial charge on any atom is 0.249 e. The minimum atomic E-state index is -0.240. The largest absolute Gasteiger partial charge is 0.305 e. The summed E-state index contributed by atoms with van der Waals surface area (Å²) in [5.41, 5.74) is 3.10. The Morgan fingerprint density at radius 2 is 1.73 bits per heavy atom. The van der Waals surface area contributed by atoms with Crippen LogP contribution in [0.1, 0.15) is 0 Å². The molecule has 26 heavy (non-hydrogen) atoms. The second-order valence-corrected chi connectivity index (χ2v) is 5.68. The Kier molecular flexibility index (Phi) is 3.08. The van der Waals surface area contributed by atoms with Crippen LogP contribution in [0.3, 0.4) is 0 Å². The molecule has 5 aromatic rings. The first kappa shape index (κ1) is 14.4. The van der Waals surface area contributed by atoms with E-state index in [1.54, 1.807) is 24.7 Å². The molecule has 0 atom stereocenters. The van der Waals surface area contributed by atoms with E-state index in [0.29, 0.717) is 22.7 Å². The van der Waals surface area contributed by atoms with Crippen LogP contribution in [0, 0.1) is 0 Å². The van der Waals surface area contributed by atoms with Crippen LogP contribution in [-0.2, 0) is 0 Å². The van der Waals surface area contributed by atoms with E-state index in [2.05, 4.69) is 25.1 Å². The predicted molar refractivity (Wildman–Crippen MR) is 95.8 cm³/mol. The minimum absolute atomic E-state index is 0.240. The van der Waals surface area contributed by atoms with E-state index in [-0.39, 0.29) is 5.56 Å². The smallest absolute Gasteiger partial charge is 0.249 e. The van der Waals surface area contributed by atoms with Gasteiger partial charge < -0.3 is 4.98 Å². The summed E-state index contributed by atoms with van der Waals surface area (Å²) in [4.78, 5) is 29.3. The molecule has 0 radical (unpaired) electrons. The number of nitrogens with zero attached hydrogens (tertiary/aromatic N) is 6. The van der Waals surface area contributed by atoms with Crippen LogP contribution in [0.2, 0.25) is 0 Å². The molecule has 0 unspecified atom stereocenters. The molecule has 0 aliphatic carbocycles. The molecule has 8 heteroatoms. The Morgan fingerprint density at radius 1 is 0.885 bits per heavy atom. The van der Waals surface area contributed by atoms with Crippen molar-refractivity contribution in [2.45, 2.75) is 0 Å². The molecule has 0 spiro atoms. The van der Waals surface area contributed by atoms with Crippen molar-refractivity contribution in [1.82, 2.24) is 34.9 Å². The lowest BCUT2D eigenvalue weighted by molar-refractivity contribution is 0.730. The molecule has 0 fully saturated rings. The summed E-state index contributed by atoms with van der Waals surface area (Å²) in [7, 11) is 0. The number of aromatic nitrogens is 7. The van der Waals surface area contributed by atoms with Crippen molar-refractivity contribution in [1.29, 1.82) is 0 Å². The average molecular weight is 341 g/mol. The first-order valence-corrected chi connectivity index (χ1v) is 7.91. The maximum atomic E-state index is 11.6. The number of hydrogen-bond acceptors (Lipinski definition) is 6. The second-order valence-electron chi connectivity index (χ2n) is 5.68. The van der Waals surface area contributed by atoms with Gasteiger partial charge in [0, 0.05) is 23.2 Å². The van der Waals surface area contributed by atoms with Gasteiger partial charge in [0.15, 0.2) is 5.65 Å². The van der Waals surface area contributed by atoms with Crippen molar-refractivity contribution in [3.63, 3.8) is 0 Å². The Balaban J connectivity index is 1.83. The number of benzene rings is 1. The summed E-state index contributed by atoms with van der Waals surface area (Å²) in [6.07, 6.45) is 4.88. The van der Waals surface area contributed by atoms with E-state index in [4.69, 9.17) is 4.98 Å². The van der Waals surface area contributed by atoms with Gasteiger partial charge >= 0.3 is 0 Å². The van der Waals surface area contributed by atoms with Crippen LogP contribution < -0.4 is 5.56 Å². The van der Waals surface area contributed by atoms with E-state index in [0.717, 1.165) is 16.5 Å². The van der Waals surface area contributed by atoms with Gasteiger partial charge in [0.05, 0.1) is 17.9 Å². The van der Waals surface area contributed by atoms with Crippen LogP contribution in [0.15, 0.2) is 65.8 Å². The van der Waals surface area contributed by atoms with Crippen LogP contribution in [0.4, 0.5) is 0 Å². The summed E-state index contributed by atoms with van der Waals surface area (Å²) in [6.45, 7) is 0. The molecule has 8 nitrogen and oxygen atoms in total. The van der Waals surface area contributed by atoms with Crippen molar-refractivity contribution in [2.75, 3.05) is 0 Å². The van der Waals surface area contributed by atoms with Gasteiger partial charge in [-0.05, 0) is 24.3 Å². The summed E-state index contributed by atoms with van der Waals surface area (Å²) in [6, 6.07) is 12.8. The van der Waals surface area contributed by atoms with Crippen molar-refractivity contribution in [3.8, 4) is 17.1 Å². The monoisotopic (exact) mass is 341 g/mol. The molecule has 0 saturated heterocycles. The van der Waals surface area contributed by atoms with Gasteiger partial charge in [-0.2, -0.15) is 10.2 Å². The Morgan fingerprint density at radius 3 is 2.62 bits per heavy atom. The standard InChI is InChI=1S/C18H11N7O/c26-15-6-5-14-17(23-15)24-18(25-20-8-9-21-25)16(22-14)12-3-4-13-11(10-12)2-1-7-19-13/h1-10H,(H,23,24,26). The van der Waals surface area contributed by atoms with Crippen LogP contribution >= 0.6 is 0 Å². The molecule has 4 aromatic heterocycles. The molecule has 4 heterocycles. The summed E-state index contributed by atoms with van der Waals surface area (Å²) < 4.78 is 0. The van der Waals surface area contributed by atoms with Gasteiger partial charge in [-0.15, -0.1) is 4.80 Å². The summed E-state index contributed by atoms with van der Waals surface area (Å²) in [5, 5.41) is 9.32. The fraction of sp³-hybridized carbons (Fsp3) is 0. The highest BCUT2D eigenvalue weighted by atomic mass is 16.1. The third-order valence-corrected chi connectivity index (χ3v) is 4.02. The van der Waals surface area contributed by atoms with Gasteiger partial charge in [-0.1, -0.05) is 12.1 Å². The number of hydrogen-bond donors (Lipinski definition) is 1. The van der Waals surface area contributed by atoms with Gasteiger partial charge in [-0.25, -0.2) is 9.97 Å². The fourth-order valence-electron chi connectivity index (χ4n) is 2.84. The molecule has 0 aliphatic heterocycles. The highest BCUT2D eigenvalue weighted by molar-refractivity contribution is 5.86. The quantitative estimate of drug-likeness (QED) is 0.527. The normalized spacial score (nSPS) is 11.2. The Bertz CT molecular complexity index is 1310. The van der Waals surface area contributed by atoms with E-state index >= 15 is 0 Å². The highest BCUT2D eigenvalue weighted by Crippen LogP contribution is 2.27. The zero-order valence-corrected chi connectivity index (χ0v) is 13.4. The third kappa shape index (κ3) is 2.32. The first-order chi connectivity index (χ1) is 12.8. The van der Waals surface area contributed by atoms with Gasteiger partial charge in [0.2, 0.25) is 11.4 Å². The lowest BCUT2D eigenvalue weighted by Gasteiger charge is -2.09. The van der Waals surface area contributed by atoms with Gasteiger partial charge in [-0.3, -0.25) is 9.78 Å². The molecule has 1 aromatic carbocycles. The van der Waals surface area contributed by atoms with E-state index in [1.807, 2.05) is 30.3 Å². The Labute approximate surface area is 146 Å². The topological polar surface area (TPSA) is 102 Å². The number of pyridine rings is 2. The van der Waals surface area contributed by atoms with Crippen molar-refractivity contribution in [2.24, 2.45) is 0 Å². The molecule has 1 N–H and O–H groups in total. The number of aromatic amines is 1. The summed E-state index contributed by atoms with van der Waals surface area (Å²) in [5.74, 6) is 0.438. The van der Waals surface area contributed by atoms with Crippen molar-refractivity contribution in [3.05, 3.63) is 71.4 Å². The fourth-order valence-corrected chi connectivity index (χ4v) is 2.84. The van der Waals surface area contributed by atoms with Crippen molar-refractivity contribution < 1.29 is 0 Å². The van der Waals surface area contributed by atoms with E-state index < -0.39 is 0 Å². The van der Waals surface area contributed by atoms with Crippen LogP contribution in [0.5, 0.6) is 0 Å². The number of nitrogens with one attached hydrogen (secondary N) is 1. The molecular formula is C18H11N7O. The van der Waals surface area contributed by atoms with Crippen LogP contribution in [-0.4, -0.2) is 34.9 Å². The van der Waals surface area contributed by atoms with Crippen molar-refractivity contribution >= 4 is 22.1 Å². The minimum Gasteiger partial charge on any atom is -0.305 e. The first-order valence-electron chi connectivity index (χ1n) is 7.91. The SMILES string of the molecule is O=c1ccc2nc(-c3ccc4ncccc4c3)c(-n3nccn3)nc2[nH]1. The molecule has 5 rings (SSSR count). The number of fused-ring (bicyclic) bond motifs is 2. The average Bonchev–Trinajstić information content (AvgIpc) is 3.21. The zero-order chi connectivity index (χ0) is 17.5. The second kappa shape index (κ2) is 5.55. The van der Waals surface area contributed by atoms with Crippen LogP contribution in [0.25, 0.3) is 39.1 Å². The number of H-pyrrole nitrogens is 1. The van der Waals surface area contributed by atoms with E-state index in [1.165, 1.54) is 10.9 Å². The van der Waals surface area contributed by atoms with Gasteiger partial charge in [0.25, 0.3) is 0 Å². The molecule has 0 saturated carbocycles. The molecule has 124 valence electrons. The summed E-state index contributed by atoms with van der Waals surface area (Å²) >= 11 is 0. The van der Waals surface area contributed by atoms with E-state index in [9.17, 15) is 4.79 Å².